The first kappa shape index (κ1) is 13.2. The topological polar surface area (TPSA) is 24.1 Å². The van der Waals surface area contributed by atoms with Crippen molar-refractivity contribution >= 4 is 17.0 Å². The molecule has 1 unspecified atom stereocenters. The van der Waals surface area contributed by atoms with Crippen LogP contribution in [0.15, 0.2) is 47.9 Å². The van der Waals surface area contributed by atoms with Crippen LogP contribution in [0.3, 0.4) is 0 Å². The van der Waals surface area contributed by atoms with Crippen molar-refractivity contribution in [2.75, 3.05) is 0 Å². The minimum atomic E-state index is -4.29. The summed E-state index contributed by atoms with van der Waals surface area (Å²) in [7, 11) is 0. The maximum absolute atomic E-state index is 12.5. The van der Waals surface area contributed by atoms with Gasteiger partial charge in [0, 0.05) is 0 Å². The molecule has 0 saturated heterocycles. The Balaban J connectivity index is 1.81. The van der Waals surface area contributed by atoms with Gasteiger partial charge in [-0.1, -0.05) is 18.2 Å². The first-order valence-electron chi connectivity index (χ1n) is 5.98. The first-order valence-corrected chi connectivity index (χ1v) is 6.86. The van der Waals surface area contributed by atoms with E-state index in [2.05, 4.69) is 10.9 Å². The molecule has 0 amide bonds. The summed E-state index contributed by atoms with van der Waals surface area (Å²) in [6.07, 6.45) is -2.33. The van der Waals surface area contributed by atoms with Crippen molar-refractivity contribution in [1.29, 1.82) is 0 Å². The molecule has 0 bridgehead atoms. The summed E-state index contributed by atoms with van der Waals surface area (Å²) in [5.74, 6) is 0. The molecule has 0 fully saturated rings. The second kappa shape index (κ2) is 4.96. The van der Waals surface area contributed by atoms with Crippen LogP contribution in [0, 0.1) is 0 Å². The molecule has 2 aromatic rings. The molecule has 104 valence electrons. The molecule has 20 heavy (non-hydrogen) atoms. The van der Waals surface area contributed by atoms with E-state index in [9.17, 15) is 13.2 Å². The Morgan fingerprint density at radius 1 is 1.05 bits per heavy atom. The number of hydrogen-bond acceptors (Lipinski definition) is 3. The molecule has 0 radical (unpaired) electrons. The number of thiophene rings is 1. The molecule has 0 aliphatic carbocycles. The van der Waals surface area contributed by atoms with E-state index in [4.69, 9.17) is 0 Å². The Bertz CT molecular complexity index is 615. The second-order valence-electron chi connectivity index (χ2n) is 4.42. The first-order chi connectivity index (χ1) is 9.54. The van der Waals surface area contributed by atoms with E-state index < -0.39 is 11.7 Å². The summed E-state index contributed by atoms with van der Waals surface area (Å²) in [5.41, 5.74) is 7.21. The van der Waals surface area contributed by atoms with E-state index in [0.29, 0.717) is 0 Å². The number of alkyl halides is 3. The van der Waals surface area contributed by atoms with Crippen molar-refractivity contribution < 1.29 is 13.2 Å². The molecule has 6 heteroatoms. The molecule has 0 saturated carbocycles. The number of rotatable bonds is 2. The largest absolute Gasteiger partial charge is 0.416 e. The molecule has 0 spiro atoms. The van der Waals surface area contributed by atoms with Gasteiger partial charge in [0.25, 0.3) is 0 Å². The standard InChI is InChI=1S/C14H11F3N2S/c15-14(16,17)10-5-3-9(4-6-10)11-8-12(19-18-11)13-2-1-7-20-13/h1-8,11,18-19H. The van der Waals surface area contributed by atoms with Crippen LogP contribution in [0.1, 0.15) is 22.0 Å². The Hall–Kier alpha value is -1.79. The number of benzene rings is 1. The molecular formula is C14H11F3N2S. The van der Waals surface area contributed by atoms with Crippen molar-refractivity contribution in [3.8, 4) is 0 Å². The molecule has 2 N–H and O–H groups in total. The lowest BCUT2D eigenvalue weighted by atomic mass is 10.0. The van der Waals surface area contributed by atoms with Crippen LogP contribution in [-0.2, 0) is 6.18 Å². The van der Waals surface area contributed by atoms with Crippen LogP contribution in [0.4, 0.5) is 13.2 Å². The highest BCUT2D eigenvalue weighted by molar-refractivity contribution is 7.11. The van der Waals surface area contributed by atoms with E-state index in [0.717, 1.165) is 28.3 Å². The monoisotopic (exact) mass is 296 g/mol. The summed E-state index contributed by atoms with van der Waals surface area (Å²) in [4.78, 5) is 1.09. The van der Waals surface area contributed by atoms with Gasteiger partial charge in [-0.05, 0) is 35.2 Å². The minimum Gasteiger partial charge on any atom is -0.319 e. The molecule has 1 aliphatic rings. The minimum absolute atomic E-state index is 0.130. The fourth-order valence-electron chi connectivity index (χ4n) is 2.04. The van der Waals surface area contributed by atoms with Gasteiger partial charge in [0.1, 0.15) is 0 Å². The number of halogens is 3. The predicted molar refractivity (Wildman–Crippen MR) is 72.8 cm³/mol. The lowest BCUT2D eigenvalue weighted by molar-refractivity contribution is -0.137. The van der Waals surface area contributed by atoms with Crippen LogP contribution < -0.4 is 10.9 Å². The van der Waals surface area contributed by atoms with Crippen LogP contribution >= 0.6 is 11.3 Å². The lowest BCUT2D eigenvalue weighted by Gasteiger charge is -2.11. The van der Waals surface area contributed by atoms with Gasteiger partial charge in [0.2, 0.25) is 0 Å². The van der Waals surface area contributed by atoms with E-state index in [1.807, 2.05) is 23.6 Å². The fraction of sp³-hybridized carbons (Fsp3) is 0.143. The van der Waals surface area contributed by atoms with Crippen molar-refractivity contribution in [3.05, 3.63) is 63.9 Å². The smallest absolute Gasteiger partial charge is 0.319 e. The average Bonchev–Trinajstić information content (AvgIpc) is 3.09. The van der Waals surface area contributed by atoms with Crippen LogP contribution in [0.25, 0.3) is 5.70 Å². The van der Waals surface area contributed by atoms with Crippen molar-refractivity contribution in [2.24, 2.45) is 0 Å². The molecule has 2 heterocycles. The Morgan fingerprint density at radius 2 is 1.80 bits per heavy atom. The van der Waals surface area contributed by atoms with Gasteiger partial charge >= 0.3 is 6.18 Å². The summed E-state index contributed by atoms with van der Waals surface area (Å²) in [5, 5.41) is 1.98. The maximum Gasteiger partial charge on any atom is 0.416 e. The molecule has 3 rings (SSSR count). The molecule has 1 aromatic carbocycles. The third-order valence-corrected chi connectivity index (χ3v) is 3.98. The normalized spacial score (nSPS) is 18.8. The molecular weight excluding hydrogens is 285 g/mol. The van der Waals surface area contributed by atoms with Crippen LogP contribution in [-0.4, -0.2) is 0 Å². The zero-order valence-electron chi connectivity index (χ0n) is 10.2. The van der Waals surface area contributed by atoms with Gasteiger partial charge in [0.05, 0.1) is 22.2 Å². The lowest BCUT2D eigenvalue weighted by Crippen LogP contribution is -2.26. The second-order valence-corrected chi connectivity index (χ2v) is 5.37. The average molecular weight is 296 g/mol. The van der Waals surface area contributed by atoms with E-state index in [1.165, 1.54) is 12.1 Å². The van der Waals surface area contributed by atoms with Gasteiger partial charge in [-0.25, -0.2) is 5.43 Å². The summed E-state index contributed by atoms with van der Waals surface area (Å²) in [6.45, 7) is 0. The third kappa shape index (κ3) is 2.57. The predicted octanol–water partition coefficient (Wildman–Crippen LogP) is 3.96. The van der Waals surface area contributed by atoms with Gasteiger partial charge in [-0.15, -0.1) is 11.3 Å². The van der Waals surface area contributed by atoms with Gasteiger partial charge < -0.3 is 5.43 Å². The number of hydrazine groups is 1. The van der Waals surface area contributed by atoms with E-state index in [1.54, 1.807) is 11.3 Å². The van der Waals surface area contributed by atoms with Crippen molar-refractivity contribution in [2.45, 2.75) is 12.2 Å². The summed E-state index contributed by atoms with van der Waals surface area (Å²) in [6, 6.07) is 9.01. The summed E-state index contributed by atoms with van der Waals surface area (Å²) < 4.78 is 37.5. The van der Waals surface area contributed by atoms with Crippen LogP contribution in [0.5, 0.6) is 0 Å². The van der Waals surface area contributed by atoms with Gasteiger partial charge in [-0.3, -0.25) is 0 Å². The Morgan fingerprint density at radius 3 is 2.40 bits per heavy atom. The molecule has 1 aliphatic heterocycles. The molecule has 1 aromatic heterocycles. The molecule has 2 nitrogen and oxygen atoms in total. The van der Waals surface area contributed by atoms with E-state index >= 15 is 0 Å². The number of hydrogen-bond donors (Lipinski definition) is 2. The number of nitrogens with one attached hydrogen (secondary N) is 2. The molecule has 1 atom stereocenters. The zero-order chi connectivity index (χ0) is 14.2. The highest BCUT2D eigenvalue weighted by atomic mass is 32.1. The van der Waals surface area contributed by atoms with Crippen LogP contribution in [0.2, 0.25) is 0 Å². The van der Waals surface area contributed by atoms with Crippen molar-refractivity contribution in [3.63, 3.8) is 0 Å². The van der Waals surface area contributed by atoms with Crippen molar-refractivity contribution in [1.82, 2.24) is 10.9 Å². The zero-order valence-corrected chi connectivity index (χ0v) is 11.1. The maximum atomic E-state index is 12.5. The van der Waals surface area contributed by atoms with E-state index in [-0.39, 0.29) is 6.04 Å². The van der Waals surface area contributed by atoms with Gasteiger partial charge in [-0.2, -0.15) is 13.2 Å². The van der Waals surface area contributed by atoms with Gasteiger partial charge in [0.15, 0.2) is 0 Å². The fourth-order valence-corrected chi connectivity index (χ4v) is 2.75. The summed E-state index contributed by atoms with van der Waals surface area (Å²) >= 11 is 1.60. The quantitative estimate of drug-likeness (QED) is 0.876. The Labute approximate surface area is 117 Å². The Kier molecular flexibility index (Phi) is 3.27. The third-order valence-electron chi connectivity index (χ3n) is 3.08. The highest BCUT2D eigenvalue weighted by Gasteiger charge is 2.30. The highest BCUT2D eigenvalue weighted by Crippen LogP contribution is 2.31. The SMILES string of the molecule is FC(F)(F)c1ccc(C2C=C(c3cccs3)NN2)cc1.